The van der Waals surface area contributed by atoms with Gasteiger partial charge in [-0.2, -0.15) is 0 Å². The van der Waals surface area contributed by atoms with Crippen LogP contribution in [0.15, 0.2) is 42.5 Å². The third-order valence-corrected chi connectivity index (χ3v) is 4.92. The molecule has 0 atom stereocenters. The molecule has 0 N–H and O–H groups in total. The fraction of sp³-hybridized carbons (Fsp3) is 0.409. The Labute approximate surface area is 150 Å². The van der Waals surface area contributed by atoms with Gasteiger partial charge in [-0.1, -0.05) is 43.7 Å². The fourth-order valence-corrected chi connectivity index (χ4v) is 3.76. The highest BCUT2D eigenvalue weighted by Crippen LogP contribution is 2.26. The highest BCUT2D eigenvalue weighted by atomic mass is 16.5. The molecule has 1 aliphatic rings. The first-order valence-corrected chi connectivity index (χ1v) is 9.20. The molecule has 0 amide bonds. The third kappa shape index (κ3) is 4.29. The fourth-order valence-electron chi connectivity index (χ4n) is 3.76. The van der Waals surface area contributed by atoms with Gasteiger partial charge in [-0.3, -0.25) is 4.90 Å². The summed E-state index contributed by atoms with van der Waals surface area (Å²) in [5.74, 6) is -0.237. The summed E-state index contributed by atoms with van der Waals surface area (Å²) >= 11 is 0. The predicted molar refractivity (Wildman–Crippen MR) is 101 cm³/mol. The monoisotopic (exact) mass is 337 g/mol. The Balaban J connectivity index is 1.90. The lowest BCUT2D eigenvalue weighted by Gasteiger charge is -2.21. The van der Waals surface area contributed by atoms with E-state index in [0.29, 0.717) is 5.56 Å². The van der Waals surface area contributed by atoms with Crippen LogP contribution in [0.3, 0.4) is 0 Å². The highest BCUT2D eigenvalue weighted by molar-refractivity contribution is 5.90. The number of ether oxygens (including phenoxy) is 1. The molecule has 0 saturated carbocycles. The number of nitrogens with zero attached hydrogens (tertiary/aromatic N) is 1. The number of esters is 1. The van der Waals surface area contributed by atoms with Crippen molar-refractivity contribution >= 4 is 5.97 Å². The second-order valence-corrected chi connectivity index (χ2v) is 6.81. The first-order chi connectivity index (χ1) is 12.2. The second kappa shape index (κ2) is 8.30. The SMILES string of the molecule is CCCc1cc(C(=O)OC)cc2c1CCCN(Cc1ccccc1)C2. The quantitative estimate of drug-likeness (QED) is 0.759. The number of rotatable bonds is 5. The molecule has 0 fully saturated rings. The third-order valence-electron chi connectivity index (χ3n) is 4.92. The number of aryl methyl sites for hydroxylation is 1. The minimum absolute atomic E-state index is 0.237. The summed E-state index contributed by atoms with van der Waals surface area (Å²) in [6.07, 6.45) is 4.36. The lowest BCUT2D eigenvalue weighted by molar-refractivity contribution is 0.0600. The minimum Gasteiger partial charge on any atom is -0.465 e. The summed E-state index contributed by atoms with van der Waals surface area (Å²) in [4.78, 5) is 14.6. The van der Waals surface area contributed by atoms with Gasteiger partial charge in [0.15, 0.2) is 0 Å². The van der Waals surface area contributed by atoms with Crippen molar-refractivity contribution in [2.45, 2.75) is 45.7 Å². The molecule has 1 heterocycles. The maximum Gasteiger partial charge on any atom is 0.337 e. The molecule has 0 radical (unpaired) electrons. The number of fused-ring (bicyclic) bond motifs is 1. The van der Waals surface area contributed by atoms with Gasteiger partial charge in [-0.15, -0.1) is 0 Å². The zero-order valence-electron chi connectivity index (χ0n) is 15.3. The van der Waals surface area contributed by atoms with Gasteiger partial charge in [-0.05, 0) is 60.2 Å². The van der Waals surface area contributed by atoms with E-state index in [1.54, 1.807) is 0 Å². The van der Waals surface area contributed by atoms with E-state index < -0.39 is 0 Å². The van der Waals surface area contributed by atoms with Gasteiger partial charge in [0.1, 0.15) is 0 Å². The van der Waals surface area contributed by atoms with Crippen molar-refractivity contribution in [2.24, 2.45) is 0 Å². The number of hydrogen-bond donors (Lipinski definition) is 0. The zero-order valence-corrected chi connectivity index (χ0v) is 15.3. The average Bonchev–Trinajstić information content (AvgIpc) is 2.84. The molecule has 0 saturated heterocycles. The predicted octanol–water partition coefficient (Wildman–Crippen LogP) is 4.37. The number of carbonyl (C=O) groups excluding carboxylic acids is 1. The van der Waals surface area contributed by atoms with Crippen molar-refractivity contribution < 1.29 is 9.53 Å². The van der Waals surface area contributed by atoms with Crippen LogP contribution in [0.1, 0.15) is 52.4 Å². The molecular formula is C22H27NO2. The number of carbonyl (C=O) groups is 1. The molecule has 3 heteroatoms. The van der Waals surface area contributed by atoms with Crippen LogP contribution < -0.4 is 0 Å². The summed E-state index contributed by atoms with van der Waals surface area (Å²) in [5, 5.41) is 0. The van der Waals surface area contributed by atoms with E-state index >= 15 is 0 Å². The number of methoxy groups -OCH3 is 1. The van der Waals surface area contributed by atoms with Crippen LogP contribution >= 0.6 is 0 Å². The minimum atomic E-state index is -0.237. The van der Waals surface area contributed by atoms with Gasteiger partial charge in [-0.25, -0.2) is 4.79 Å². The van der Waals surface area contributed by atoms with Crippen molar-refractivity contribution in [1.82, 2.24) is 4.90 Å². The van der Waals surface area contributed by atoms with Gasteiger partial charge in [0.05, 0.1) is 12.7 Å². The second-order valence-electron chi connectivity index (χ2n) is 6.81. The van der Waals surface area contributed by atoms with Crippen molar-refractivity contribution in [3.8, 4) is 0 Å². The Bertz CT molecular complexity index is 724. The first kappa shape index (κ1) is 17.7. The van der Waals surface area contributed by atoms with Crippen LogP contribution in [0.25, 0.3) is 0 Å². The van der Waals surface area contributed by atoms with Crippen LogP contribution in [-0.4, -0.2) is 24.5 Å². The first-order valence-electron chi connectivity index (χ1n) is 9.20. The summed E-state index contributed by atoms with van der Waals surface area (Å²) < 4.78 is 4.96. The Morgan fingerprint density at radius 3 is 2.72 bits per heavy atom. The van der Waals surface area contributed by atoms with Gasteiger partial charge in [0.25, 0.3) is 0 Å². The zero-order chi connectivity index (χ0) is 17.6. The van der Waals surface area contributed by atoms with Crippen LogP contribution in [-0.2, 0) is 30.7 Å². The topological polar surface area (TPSA) is 29.5 Å². The van der Waals surface area contributed by atoms with E-state index in [9.17, 15) is 4.79 Å². The van der Waals surface area contributed by atoms with Crippen LogP contribution in [0, 0.1) is 0 Å². The molecule has 25 heavy (non-hydrogen) atoms. The van der Waals surface area contributed by atoms with Crippen LogP contribution in [0.4, 0.5) is 0 Å². The molecule has 3 rings (SSSR count). The largest absolute Gasteiger partial charge is 0.465 e. The van der Waals surface area contributed by atoms with Crippen molar-refractivity contribution in [2.75, 3.05) is 13.7 Å². The van der Waals surface area contributed by atoms with E-state index in [4.69, 9.17) is 4.74 Å². The molecule has 0 aromatic heterocycles. The number of hydrogen-bond acceptors (Lipinski definition) is 3. The summed E-state index contributed by atoms with van der Waals surface area (Å²) in [5.41, 5.74) is 6.09. The number of benzene rings is 2. The molecule has 0 bridgehead atoms. The van der Waals surface area contributed by atoms with Crippen molar-refractivity contribution in [3.05, 3.63) is 70.3 Å². The van der Waals surface area contributed by atoms with Crippen LogP contribution in [0.5, 0.6) is 0 Å². The Morgan fingerprint density at radius 2 is 2.00 bits per heavy atom. The van der Waals surface area contributed by atoms with Crippen molar-refractivity contribution in [1.29, 1.82) is 0 Å². The lowest BCUT2D eigenvalue weighted by atomic mass is 9.92. The Kier molecular flexibility index (Phi) is 5.87. The normalized spacial score (nSPS) is 14.6. The van der Waals surface area contributed by atoms with E-state index in [1.807, 2.05) is 12.1 Å². The molecule has 2 aromatic rings. The summed E-state index contributed by atoms with van der Waals surface area (Å²) in [6.45, 7) is 5.12. The smallest absolute Gasteiger partial charge is 0.337 e. The standard InChI is InChI=1S/C22H27NO2/c1-3-8-18-13-19(22(24)25-2)14-20-16-23(12-7-11-21(18)20)15-17-9-5-4-6-10-17/h4-6,9-10,13-14H,3,7-8,11-12,15-16H2,1-2H3. The van der Waals surface area contributed by atoms with E-state index in [-0.39, 0.29) is 5.97 Å². The molecular weight excluding hydrogens is 310 g/mol. The van der Waals surface area contributed by atoms with Gasteiger partial charge < -0.3 is 4.74 Å². The molecule has 132 valence electrons. The molecule has 0 unspecified atom stereocenters. The maximum atomic E-state index is 12.1. The van der Waals surface area contributed by atoms with Crippen molar-refractivity contribution in [3.63, 3.8) is 0 Å². The Hall–Kier alpha value is -2.13. The van der Waals surface area contributed by atoms with E-state index in [0.717, 1.165) is 45.3 Å². The van der Waals surface area contributed by atoms with Crippen LogP contribution in [0.2, 0.25) is 0 Å². The van der Waals surface area contributed by atoms with Gasteiger partial charge >= 0.3 is 5.97 Å². The van der Waals surface area contributed by atoms with Gasteiger partial charge in [0, 0.05) is 13.1 Å². The summed E-state index contributed by atoms with van der Waals surface area (Å²) in [7, 11) is 1.45. The van der Waals surface area contributed by atoms with E-state index in [1.165, 1.54) is 29.4 Å². The van der Waals surface area contributed by atoms with Gasteiger partial charge in [0.2, 0.25) is 0 Å². The molecule has 3 nitrogen and oxygen atoms in total. The van der Waals surface area contributed by atoms with E-state index in [2.05, 4.69) is 42.2 Å². The molecule has 1 aliphatic heterocycles. The molecule has 2 aromatic carbocycles. The summed E-state index contributed by atoms with van der Waals surface area (Å²) in [6, 6.07) is 14.7. The highest BCUT2D eigenvalue weighted by Gasteiger charge is 2.20. The molecule has 0 aliphatic carbocycles. The maximum absolute atomic E-state index is 12.1. The molecule has 0 spiro atoms. The average molecular weight is 337 g/mol. The Morgan fingerprint density at radius 1 is 1.20 bits per heavy atom. The lowest BCUT2D eigenvalue weighted by Crippen LogP contribution is -2.23.